The van der Waals surface area contributed by atoms with Crippen LogP contribution in [0.3, 0.4) is 0 Å². The van der Waals surface area contributed by atoms with Crippen LogP contribution in [0, 0.1) is 0 Å². The van der Waals surface area contributed by atoms with Gasteiger partial charge in [-0.1, -0.05) is 6.07 Å². The molecule has 0 amide bonds. The molecule has 0 aliphatic heterocycles. The van der Waals surface area contributed by atoms with E-state index in [0.29, 0.717) is 12.4 Å². The van der Waals surface area contributed by atoms with Crippen molar-refractivity contribution in [3.8, 4) is 5.88 Å². The molecule has 0 aliphatic rings. The number of aromatic nitrogens is 2. The molecule has 108 valence electrons. The average Bonchev–Trinajstić information content (AvgIpc) is 2.86. The van der Waals surface area contributed by atoms with Gasteiger partial charge in [-0.05, 0) is 12.1 Å². The molecule has 2 aromatic rings. The van der Waals surface area contributed by atoms with Crippen LogP contribution in [0.25, 0.3) is 0 Å². The Labute approximate surface area is 113 Å². The summed E-state index contributed by atoms with van der Waals surface area (Å²) in [5.74, 6) is 0.416. The normalized spacial score (nSPS) is 13.2. The molecule has 2 heterocycles. The molecule has 2 aromatic heterocycles. The third-order valence-electron chi connectivity index (χ3n) is 2.80. The van der Waals surface area contributed by atoms with Crippen molar-refractivity contribution in [3.63, 3.8) is 0 Å². The van der Waals surface area contributed by atoms with Crippen LogP contribution in [0.5, 0.6) is 5.88 Å². The second-order valence-corrected chi connectivity index (χ2v) is 4.23. The maximum atomic E-state index is 12.4. The molecule has 0 spiro atoms. The van der Waals surface area contributed by atoms with E-state index < -0.39 is 12.3 Å². The Balaban J connectivity index is 2.18. The quantitative estimate of drug-likeness (QED) is 0.939. The van der Waals surface area contributed by atoms with Crippen molar-refractivity contribution in [1.29, 1.82) is 0 Å². The van der Waals surface area contributed by atoms with Crippen LogP contribution in [-0.4, -0.2) is 27.9 Å². The summed E-state index contributed by atoms with van der Waals surface area (Å²) in [5.41, 5.74) is 0.541. The van der Waals surface area contributed by atoms with E-state index >= 15 is 0 Å². The largest absolute Gasteiger partial charge is 0.481 e. The molecule has 0 saturated heterocycles. The zero-order chi connectivity index (χ0) is 14.8. The fourth-order valence-electron chi connectivity index (χ4n) is 1.83. The number of nitrogens with zero attached hydrogens (tertiary/aromatic N) is 2. The lowest BCUT2D eigenvalue weighted by Gasteiger charge is -2.12. The number of pyridine rings is 1. The number of hydrogen-bond donors (Lipinski definition) is 1. The first-order chi connectivity index (χ1) is 9.41. The van der Waals surface area contributed by atoms with E-state index in [1.807, 2.05) is 0 Å². The minimum atomic E-state index is -4.67. The Morgan fingerprint density at radius 2 is 2.15 bits per heavy atom. The Bertz CT molecular complexity index is 581. The second kappa shape index (κ2) is 5.54. The van der Waals surface area contributed by atoms with Crippen molar-refractivity contribution >= 4 is 0 Å². The van der Waals surface area contributed by atoms with E-state index in [1.165, 1.54) is 30.1 Å². The first-order valence-corrected chi connectivity index (χ1v) is 5.80. The highest BCUT2D eigenvalue weighted by molar-refractivity contribution is 5.26. The molecule has 20 heavy (non-hydrogen) atoms. The second-order valence-electron chi connectivity index (χ2n) is 4.23. The van der Waals surface area contributed by atoms with Crippen LogP contribution in [-0.2, 0) is 6.54 Å². The predicted molar refractivity (Wildman–Crippen MR) is 65.3 cm³/mol. The zero-order valence-corrected chi connectivity index (χ0v) is 10.6. The summed E-state index contributed by atoms with van der Waals surface area (Å²) < 4.78 is 43.8. The van der Waals surface area contributed by atoms with Gasteiger partial charge in [-0.25, -0.2) is 4.98 Å². The molecule has 1 unspecified atom stereocenters. The van der Waals surface area contributed by atoms with Gasteiger partial charge in [0.1, 0.15) is 0 Å². The number of aliphatic hydroxyl groups excluding tert-OH is 1. The van der Waals surface area contributed by atoms with Crippen molar-refractivity contribution in [3.05, 3.63) is 47.9 Å². The Hall–Kier alpha value is -2.02. The van der Waals surface area contributed by atoms with E-state index in [0.717, 1.165) is 5.56 Å². The van der Waals surface area contributed by atoms with E-state index in [-0.39, 0.29) is 5.56 Å². The first-order valence-electron chi connectivity index (χ1n) is 5.80. The number of halogens is 3. The van der Waals surface area contributed by atoms with Crippen LogP contribution in [0.4, 0.5) is 13.2 Å². The first kappa shape index (κ1) is 14.4. The van der Waals surface area contributed by atoms with E-state index in [9.17, 15) is 13.2 Å². The lowest BCUT2D eigenvalue weighted by atomic mass is 10.2. The molecule has 0 radical (unpaired) electrons. The summed E-state index contributed by atoms with van der Waals surface area (Å²) in [7, 11) is 1.47. The van der Waals surface area contributed by atoms with Crippen LogP contribution < -0.4 is 4.74 Å². The van der Waals surface area contributed by atoms with Crippen molar-refractivity contribution < 1.29 is 23.0 Å². The monoisotopic (exact) mass is 286 g/mol. The molecule has 7 heteroatoms. The molecule has 0 aromatic carbocycles. The summed E-state index contributed by atoms with van der Waals surface area (Å²) >= 11 is 0. The molecule has 0 bridgehead atoms. The van der Waals surface area contributed by atoms with Crippen LogP contribution in [0.15, 0.2) is 36.8 Å². The van der Waals surface area contributed by atoms with Gasteiger partial charge in [-0.3, -0.25) is 0 Å². The third-order valence-corrected chi connectivity index (χ3v) is 2.80. The summed E-state index contributed by atoms with van der Waals surface area (Å²) in [6, 6.07) is 4.72. The average molecular weight is 286 g/mol. The molecule has 0 saturated carbocycles. The van der Waals surface area contributed by atoms with Gasteiger partial charge >= 0.3 is 6.18 Å². The molecule has 4 nitrogen and oxygen atoms in total. The number of methoxy groups -OCH3 is 1. The predicted octanol–water partition coefficient (Wildman–Crippen LogP) is 2.54. The highest BCUT2D eigenvalue weighted by Gasteiger charge is 2.39. The van der Waals surface area contributed by atoms with Gasteiger partial charge in [0.05, 0.1) is 13.7 Å². The van der Waals surface area contributed by atoms with Crippen LogP contribution in [0.1, 0.15) is 17.2 Å². The van der Waals surface area contributed by atoms with E-state index in [4.69, 9.17) is 9.84 Å². The van der Waals surface area contributed by atoms with Crippen molar-refractivity contribution in [2.24, 2.45) is 0 Å². The van der Waals surface area contributed by atoms with Gasteiger partial charge in [0.2, 0.25) is 5.88 Å². The van der Waals surface area contributed by atoms with Gasteiger partial charge < -0.3 is 14.4 Å². The third kappa shape index (κ3) is 3.11. The standard InChI is InChI=1S/C13H13F3N2O2/c1-20-12-10(3-2-5-17-12)8-18-6-4-9(7-18)11(19)13(14,15)16/h2-7,11,19H,8H2,1H3. The van der Waals surface area contributed by atoms with Gasteiger partial charge in [0.15, 0.2) is 6.10 Å². The summed E-state index contributed by atoms with van der Waals surface area (Å²) in [4.78, 5) is 4.01. The van der Waals surface area contributed by atoms with E-state index in [2.05, 4.69) is 4.98 Å². The highest BCUT2D eigenvalue weighted by atomic mass is 19.4. The zero-order valence-electron chi connectivity index (χ0n) is 10.6. The minimum absolute atomic E-state index is 0.194. The maximum Gasteiger partial charge on any atom is 0.418 e. The number of hydrogen-bond acceptors (Lipinski definition) is 3. The highest BCUT2D eigenvalue weighted by Crippen LogP contribution is 2.32. The molecule has 1 atom stereocenters. The Morgan fingerprint density at radius 1 is 1.40 bits per heavy atom. The maximum absolute atomic E-state index is 12.4. The number of ether oxygens (including phenoxy) is 1. The molecule has 1 N–H and O–H groups in total. The number of alkyl halides is 3. The smallest absolute Gasteiger partial charge is 0.418 e. The molecule has 0 aliphatic carbocycles. The van der Waals surface area contributed by atoms with Crippen LogP contribution in [0.2, 0.25) is 0 Å². The SMILES string of the molecule is COc1ncccc1Cn1ccc(C(O)C(F)(F)F)c1. The number of rotatable bonds is 4. The minimum Gasteiger partial charge on any atom is -0.481 e. The molecular weight excluding hydrogens is 273 g/mol. The lowest BCUT2D eigenvalue weighted by Crippen LogP contribution is -2.19. The Morgan fingerprint density at radius 3 is 2.80 bits per heavy atom. The fraction of sp³-hybridized carbons (Fsp3) is 0.308. The van der Waals surface area contributed by atoms with Crippen LogP contribution >= 0.6 is 0 Å². The topological polar surface area (TPSA) is 47.3 Å². The lowest BCUT2D eigenvalue weighted by molar-refractivity contribution is -0.206. The van der Waals surface area contributed by atoms with Gasteiger partial charge in [-0.15, -0.1) is 0 Å². The summed E-state index contributed by atoms with van der Waals surface area (Å²) in [6.07, 6.45) is -2.85. The van der Waals surface area contributed by atoms with Crippen molar-refractivity contribution in [2.75, 3.05) is 7.11 Å². The molecular formula is C13H13F3N2O2. The molecule has 2 rings (SSSR count). The number of aliphatic hydroxyl groups is 1. The summed E-state index contributed by atoms with van der Waals surface area (Å²) in [6.45, 7) is 0.307. The van der Waals surface area contributed by atoms with Gasteiger partial charge in [0.25, 0.3) is 0 Å². The van der Waals surface area contributed by atoms with E-state index in [1.54, 1.807) is 18.3 Å². The summed E-state index contributed by atoms with van der Waals surface area (Å²) in [5, 5.41) is 9.16. The van der Waals surface area contributed by atoms with Gasteiger partial charge in [0, 0.05) is 29.7 Å². The van der Waals surface area contributed by atoms with Crippen molar-refractivity contribution in [1.82, 2.24) is 9.55 Å². The van der Waals surface area contributed by atoms with Crippen molar-refractivity contribution in [2.45, 2.75) is 18.8 Å². The fourth-order valence-corrected chi connectivity index (χ4v) is 1.83. The Kier molecular flexibility index (Phi) is 3.99. The molecule has 0 fully saturated rings. The van der Waals surface area contributed by atoms with Gasteiger partial charge in [-0.2, -0.15) is 13.2 Å².